The molecule has 1 aliphatic rings. The van der Waals surface area contributed by atoms with E-state index < -0.39 is 0 Å². The second-order valence-electron chi connectivity index (χ2n) is 5.92. The van der Waals surface area contributed by atoms with Gasteiger partial charge in [-0.3, -0.25) is 9.59 Å². The van der Waals surface area contributed by atoms with Crippen LogP contribution in [0.4, 0.5) is 11.4 Å². The SMILES string of the molecule is CCc1ccc(NC(=O)[C@H]2CC(=O)N(c3cccc(Cl)c3)C2)cc1. The van der Waals surface area contributed by atoms with Gasteiger partial charge < -0.3 is 10.2 Å². The largest absolute Gasteiger partial charge is 0.326 e. The molecule has 1 saturated heterocycles. The summed E-state index contributed by atoms with van der Waals surface area (Å²) in [6.45, 7) is 2.46. The number of rotatable bonds is 4. The number of nitrogens with one attached hydrogen (secondary N) is 1. The summed E-state index contributed by atoms with van der Waals surface area (Å²) in [5.41, 5.74) is 2.71. The fourth-order valence-corrected chi connectivity index (χ4v) is 3.03. The molecular formula is C19H19ClN2O2. The molecule has 0 unspecified atom stereocenters. The maximum Gasteiger partial charge on any atom is 0.229 e. The highest BCUT2D eigenvalue weighted by Gasteiger charge is 2.35. The van der Waals surface area contributed by atoms with Gasteiger partial charge in [0.2, 0.25) is 11.8 Å². The van der Waals surface area contributed by atoms with E-state index in [0.29, 0.717) is 11.6 Å². The smallest absolute Gasteiger partial charge is 0.229 e. The van der Waals surface area contributed by atoms with Gasteiger partial charge in [0, 0.05) is 29.4 Å². The Morgan fingerprint density at radius 3 is 2.67 bits per heavy atom. The van der Waals surface area contributed by atoms with E-state index in [9.17, 15) is 9.59 Å². The molecule has 0 aromatic heterocycles. The predicted molar refractivity (Wildman–Crippen MR) is 96.4 cm³/mol. The lowest BCUT2D eigenvalue weighted by atomic mass is 10.1. The number of carbonyl (C=O) groups is 2. The van der Waals surface area contributed by atoms with E-state index in [-0.39, 0.29) is 24.2 Å². The number of amides is 2. The van der Waals surface area contributed by atoms with E-state index in [4.69, 9.17) is 11.6 Å². The average Bonchev–Trinajstić information content (AvgIpc) is 2.97. The van der Waals surface area contributed by atoms with Gasteiger partial charge in [0.1, 0.15) is 0 Å². The van der Waals surface area contributed by atoms with E-state index in [1.165, 1.54) is 5.56 Å². The Bertz CT molecular complexity index is 758. The fourth-order valence-electron chi connectivity index (χ4n) is 2.84. The Balaban J connectivity index is 1.67. The molecule has 1 fully saturated rings. The van der Waals surface area contributed by atoms with Crippen LogP contribution in [0, 0.1) is 5.92 Å². The Morgan fingerprint density at radius 1 is 1.25 bits per heavy atom. The van der Waals surface area contributed by atoms with Crippen LogP contribution in [0.1, 0.15) is 18.9 Å². The molecule has 1 N–H and O–H groups in total. The van der Waals surface area contributed by atoms with Gasteiger partial charge in [0.05, 0.1) is 5.92 Å². The monoisotopic (exact) mass is 342 g/mol. The van der Waals surface area contributed by atoms with Gasteiger partial charge >= 0.3 is 0 Å². The third kappa shape index (κ3) is 3.60. The van der Waals surface area contributed by atoms with Gasteiger partial charge in [0.25, 0.3) is 0 Å². The Morgan fingerprint density at radius 2 is 2.00 bits per heavy atom. The van der Waals surface area contributed by atoms with E-state index in [1.54, 1.807) is 23.1 Å². The van der Waals surface area contributed by atoms with Crippen molar-refractivity contribution in [3.63, 3.8) is 0 Å². The van der Waals surface area contributed by atoms with Crippen molar-refractivity contribution in [3.05, 3.63) is 59.1 Å². The van der Waals surface area contributed by atoms with Gasteiger partial charge in [-0.25, -0.2) is 0 Å². The fraction of sp³-hybridized carbons (Fsp3) is 0.263. The molecule has 4 nitrogen and oxygen atoms in total. The lowest BCUT2D eigenvalue weighted by Gasteiger charge is -2.17. The second kappa shape index (κ2) is 7.05. The zero-order valence-corrected chi connectivity index (χ0v) is 14.2. The second-order valence-corrected chi connectivity index (χ2v) is 6.36. The quantitative estimate of drug-likeness (QED) is 0.916. The minimum absolute atomic E-state index is 0.0567. The Hall–Kier alpha value is -2.33. The van der Waals surface area contributed by atoms with Crippen molar-refractivity contribution >= 4 is 34.8 Å². The highest BCUT2D eigenvalue weighted by molar-refractivity contribution is 6.31. The molecule has 5 heteroatoms. The molecule has 24 heavy (non-hydrogen) atoms. The summed E-state index contributed by atoms with van der Waals surface area (Å²) in [4.78, 5) is 26.3. The van der Waals surface area contributed by atoms with Gasteiger partial charge in [-0.1, -0.05) is 36.7 Å². The third-order valence-electron chi connectivity index (χ3n) is 4.25. The molecule has 2 aromatic carbocycles. The molecule has 1 aliphatic heterocycles. The van der Waals surface area contributed by atoms with E-state index in [1.807, 2.05) is 30.3 Å². The predicted octanol–water partition coefficient (Wildman–Crippen LogP) is 3.89. The number of hydrogen-bond acceptors (Lipinski definition) is 2. The van der Waals surface area contributed by atoms with Crippen LogP contribution < -0.4 is 10.2 Å². The third-order valence-corrected chi connectivity index (χ3v) is 4.48. The number of aryl methyl sites for hydroxylation is 1. The van der Waals surface area contributed by atoms with Crippen molar-refractivity contribution in [2.45, 2.75) is 19.8 Å². The van der Waals surface area contributed by atoms with Crippen LogP contribution in [0.5, 0.6) is 0 Å². The molecule has 2 amide bonds. The van der Waals surface area contributed by atoms with E-state index in [0.717, 1.165) is 17.8 Å². The zero-order chi connectivity index (χ0) is 17.1. The van der Waals surface area contributed by atoms with Crippen molar-refractivity contribution in [2.24, 2.45) is 5.92 Å². The van der Waals surface area contributed by atoms with Crippen LogP contribution >= 0.6 is 11.6 Å². The molecule has 0 radical (unpaired) electrons. The molecule has 0 saturated carbocycles. The first-order valence-corrected chi connectivity index (χ1v) is 8.40. The minimum Gasteiger partial charge on any atom is -0.326 e. The van der Waals surface area contributed by atoms with Crippen molar-refractivity contribution in [1.82, 2.24) is 0 Å². The number of nitrogens with zero attached hydrogens (tertiary/aromatic N) is 1. The highest BCUT2D eigenvalue weighted by atomic mass is 35.5. The first-order chi connectivity index (χ1) is 11.6. The van der Waals surface area contributed by atoms with Crippen molar-refractivity contribution in [1.29, 1.82) is 0 Å². The van der Waals surface area contributed by atoms with Gasteiger partial charge in [-0.2, -0.15) is 0 Å². The zero-order valence-electron chi connectivity index (χ0n) is 13.5. The highest BCUT2D eigenvalue weighted by Crippen LogP contribution is 2.27. The molecule has 1 heterocycles. The molecule has 124 valence electrons. The minimum atomic E-state index is -0.359. The van der Waals surface area contributed by atoms with E-state index >= 15 is 0 Å². The number of benzene rings is 2. The lowest BCUT2D eigenvalue weighted by molar-refractivity contribution is -0.122. The molecule has 2 aromatic rings. The summed E-state index contributed by atoms with van der Waals surface area (Å²) in [5, 5.41) is 3.47. The Kier molecular flexibility index (Phi) is 4.86. The first kappa shape index (κ1) is 16.5. The van der Waals surface area contributed by atoms with Gasteiger partial charge in [-0.15, -0.1) is 0 Å². The first-order valence-electron chi connectivity index (χ1n) is 8.02. The van der Waals surface area contributed by atoms with Crippen LogP contribution in [0.3, 0.4) is 0 Å². The van der Waals surface area contributed by atoms with Crippen LogP contribution in [-0.4, -0.2) is 18.4 Å². The normalized spacial score (nSPS) is 17.2. The lowest BCUT2D eigenvalue weighted by Crippen LogP contribution is -2.28. The summed E-state index contributed by atoms with van der Waals surface area (Å²) in [5.74, 6) is -0.543. The molecule has 0 aliphatic carbocycles. The molecule has 3 rings (SSSR count). The molecular weight excluding hydrogens is 324 g/mol. The van der Waals surface area contributed by atoms with Crippen molar-refractivity contribution < 1.29 is 9.59 Å². The average molecular weight is 343 g/mol. The molecule has 1 atom stereocenters. The van der Waals surface area contributed by atoms with Gasteiger partial charge in [-0.05, 0) is 42.3 Å². The topological polar surface area (TPSA) is 49.4 Å². The van der Waals surface area contributed by atoms with E-state index in [2.05, 4.69) is 12.2 Å². The maximum atomic E-state index is 12.4. The van der Waals surface area contributed by atoms with Crippen LogP contribution in [0.15, 0.2) is 48.5 Å². The van der Waals surface area contributed by atoms with Gasteiger partial charge in [0.15, 0.2) is 0 Å². The Labute approximate surface area is 146 Å². The molecule has 0 bridgehead atoms. The summed E-state index contributed by atoms with van der Waals surface area (Å²) >= 11 is 5.98. The molecule has 0 spiro atoms. The number of anilines is 2. The summed E-state index contributed by atoms with van der Waals surface area (Å²) in [6, 6.07) is 14.9. The number of hydrogen-bond donors (Lipinski definition) is 1. The van der Waals surface area contributed by atoms with Crippen LogP contribution in [0.25, 0.3) is 0 Å². The standard InChI is InChI=1S/C19H19ClN2O2/c1-2-13-6-8-16(9-7-13)21-19(24)14-10-18(23)22(12-14)17-5-3-4-15(20)11-17/h3-9,11,14H,2,10,12H2,1H3,(H,21,24)/t14-/m0/s1. The number of carbonyl (C=O) groups excluding carboxylic acids is 2. The number of halogens is 1. The van der Waals surface area contributed by atoms with Crippen LogP contribution in [-0.2, 0) is 16.0 Å². The van der Waals surface area contributed by atoms with Crippen molar-refractivity contribution in [2.75, 3.05) is 16.8 Å². The summed E-state index contributed by atoms with van der Waals surface area (Å²) in [7, 11) is 0. The summed E-state index contributed by atoms with van der Waals surface area (Å²) < 4.78 is 0. The van der Waals surface area contributed by atoms with Crippen molar-refractivity contribution in [3.8, 4) is 0 Å². The van der Waals surface area contributed by atoms with Crippen LogP contribution in [0.2, 0.25) is 5.02 Å². The maximum absolute atomic E-state index is 12.4. The summed E-state index contributed by atoms with van der Waals surface area (Å²) in [6.07, 6.45) is 1.17.